The van der Waals surface area contributed by atoms with E-state index in [1.807, 2.05) is 13.0 Å². The number of allylic oxidation sites excluding steroid dienone is 1. The molecule has 1 aromatic heterocycles. The van der Waals surface area contributed by atoms with Gasteiger partial charge in [0.05, 0.1) is 0 Å². The Kier molecular flexibility index (Phi) is 4.64. The van der Waals surface area contributed by atoms with Crippen LogP contribution < -0.4 is 0 Å². The molecule has 0 atom stereocenters. The van der Waals surface area contributed by atoms with Gasteiger partial charge in [-0.15, -0.1) is 0 Å². The first kappa shape index (κ1) is 11.2. The Hall–Kier alpha value is -0.786. The molecule has 0 bridgehead atoms. The van der Waals surface area contributed by atoms with Gasteiger partial charge in [0.15, 0.2) is 0 Å². The zero-order valence-electron chi connectivity index (χ0n) is 7.12. The van der Waals surface area contributed by atoms with Crippen LogP contribution in [0.2, 0.25) is 0 Å². The summed E-state index contributed by atoms with van der Waals surface area (Å²) in [6, 6.07) is 1.94. The second-order valence-corrected chi connectivity index (χ2v) is 2.45. The third-order valence-electron chi connectivity index (χ3n) is 1.53. The van der Waals surface area contributed by atoms with Gasteiger partial charge >= 0.3 is 0 Å². The van der Waals surface area contributed by atoms with Crippen molar-refractivity contribution in [3.8, 4) is 0 Å². The van der Waals surface area contributed by atoms with E-state index >= 15 is 0 Å². The molecule has 0 aliphatic rings. The summed E-state index contributed by atoms with van der Waals surface area (Å²) in [5.74, 6) is 0. The topological polar surface area (TPSA) is 12.9 Å². The molecule has 1 nitrogen and oxygen atoms in total. The number of rotatable bonds is 2. The molecule has 2 heteroatoms. The molecule has 61 valence electrons. The largest absolute Gasteiger partial charge is 0.264 e. The quantitative estimate of drug-likeness (QED) is 0.708. The Balaban J connectivity index is 0.00000121. The molecule has 1 heterocycles. The number of hydrogen-bond donors (Lipinski definition) is 0. The van der Waals surface area contributed by atoms with E-state index in [9.17, 15) is 0 Å². The monoisotopic (exact) mass is 196 g/mol. The van der Waals surface area contributed by atoms with E-state index in [0.717, 1.165) is 16.7 Å². The van der Waals surface area contributed by atoms with Gasteiger partial charge in [0, 0.05) is 30.9 Å². The summed E-state index contributed by atoms with van der Waals surface area (Å²) >= 11 is 0. The Morgan fingerprint density at radius 3 is 2.67 bits per heavy atom. The summed E-state index contributed by atoms with van der Waals surface area (Å²) in [6.07, 6.45) is 5.34. The number of hydrogen-bond acceptors (Lipinski definition) is 1. The molecule has 0 saturated heterocycles. The van der Waals surface area contributed by atoms with Crippen molar-refractivity contribution in [1.29, 1.82) is 0 Å². The summed E-state index contributed by atoms with van der Waals surface area (Å²) in [7, 11) is 0. The second-order valence-electron chi connectivity index (χ2n) is 2.45. The van der Waals surface area contributed by atoms with E-state index in [4.69, 9.17) is 0 Å². The molecule has 0 saturated carbocycles. The molecule has 0 fully saturated rings. The molecule has 1 aromatic rings. The molecular formula is C10H11NV. The minimum atomic E-state index is 0. The molecule has 0 spiro atoms. The van der Waals surface area contributed by atoms with Gasteiger partial charge in [-0.25, -0.2) is 0 Å². The van der Waals surface area contributed by atoms with Gasteiger partial charge in [0.25, 0.3) is 0 Å². The number of aromatic nitrogens is 1. The first-order valence-electron chi connectivity index (χ1n) is 3.48. The van der Waals surface area contributed by atoms with Crippen molar-refractivity contribution in [1.82, 2.24) is 4.98 Å². The Morgan fingerprint density at radius 1 is 1.58 bits per heavy atom. The van der Waals surface area contributed by atoms with E-state index in [1.165, 1.54) is 0 Å². The van der Waals surface area contributed by atoms with Crippen LogP contribution in [0.25, 0.3) is 11.6 Å². The minimum Gasteiger partial charge on any atom is -0.264 e. The molecule has 0 N–H and O–H groups in total. The zero-order chi connectivity index (χ0) is 8.27. The first-order chi connectivity index (χ1) is 5.25. The molecule has 12 heavy (non-hydrogen) atoms. The smallest absolute Gasteiger partial charge is 0.0346 e. The van der Waals surface area contributed by atoms with Crippen LogP contribution in [-0.4, -0.2) is 4.98 Å². The van der Waals surface area contributed by atoms with Gasteiger partial charge < -0.3 is 0 Å². The van der Waals surface area contributed by atoms with Gasteiger partial charge in [-0.1, -0.05) is 24.8 Å². The Morgan fingerprint density at radius 2 is 2.25 bits per heavy atom. The fourth-order valence-electron chi connectivity index (χ4n) is 0.958. The minimum absolute atomic E-state index is 0. The summed E-state index contributed by atoms with van der Waals surface area (Å²) < 4.78 is 0. The van der Waals surface area contributed by atoms with E-state index in [1.54, 1.807) is 18.5 Å². The van der Waals surface area contributed by atoms with E-state index < -0.39 is 0 Å². The van der Waals surface area contributed by atoms with Crippen LogP contribution in [0.4, 0.5) is 0 Å². The van der Waals surface area contributed by atoms with Crippen LogP contribution in [0.1, 0.15) is 18.1 Å². The van der Waals surface area contributed by atoms with Gasteiger partial charge in [-0.05, 0) is 24.1 Å². The normalized spacial score (nSPS) is 8.42. The van der Waals surface area contributed by atoms with Crippen LogP contribution in [0.3, 0.4) is 0 Å². The summed E-state index contributed by atoms with van der Waals surface area (Å²) in [5.41, 5.74) is 3.21. The standard InChI is InChI=1S/C10H11N.V/c1-4-9-7-11-6-5-10(9)8(2)3;/h4-7H,1-2H2,3H3;. The first-order valence-corrected chi connectivity index (χ1v) is 3.48. The van der Waals surface area contributed by atoms with Crippen molar-refractivity contribution < 1.29 is 18.6 Å². The maximum absolute atomic E-state index is 3.99. The predicted molar refractivity (Wildman–Crippen MR) is 49.0 cm³/mol. The van der Waals surface area contributed by atoms with E-state index in [-0.39, 0.29) is 18.6 Å². The van der Waals surface area contributed by atoms with Crippen molar-refractivity contribution in [3.05, 3.63) is 42.7 Å². The van der Waals surface area contributed by atoms with Crippen molar-refractivity contribution in [2.75, 3.05) is 0 Å². The Labute approximate surface area is 85.1 Å². The zero-order valence-corrected chi connectivity index (χ0v) is 8.51. The van der Waals surface area contributed by atoms with Gasteiger partial charge in [-0.2, -0.15) is 0 Å². The SMILES string of the molecule is C=Cc1cnccc1C(=C)C.[V]. The third-order valence-corrected chi connectivity index (χ3v) is 1.53. The Bertz CT molecular complexity index is 292. The molecule has 0 aliphatic carbocycles. The second kappa shape index (κ2) is 4.97. The van der Waals surface area contributed by atoms with Crippen LogP contribution >= 0.6 is 0 Å². The van der Waals surface area contributed by atoms with Crippen LogP contribution in [0.5, 0.6) is 0 Å². The maximum Gasteiger partial charge on any atom is 0.0346 e. The van der Waals surface area contributed by atoms with Crippen LogP contribution in [0.15, 0.2) is 31.6 Å². The number of nitrogens with zero attached hydrogens (tertiary/aromatic N) is 1. The van der Waals surface area contributed by atoms with Gasteiger partial charge in [0.1, 0.15) is 0 Å². The van der Waals surface area contributed by atoms with Crippen molar-refractivity contribution in [3.63, 3.8) is 0 Å². The predicted octanol–water partition coefficient (Wildman–Crippen LogP) is 2.76. The molecule has 0 unspecified atom stereocenters. The summed E-state index contributed by atoms with van der Waals surface area (Å²) in [6.45, 7) is 9.53. The molecule has 1 radical (unpaired) electrons. The maximum atomic E-state index is 3.99. The summed E-state index contributed by atoms with van der Waals surface area (Å²) in [5, 5.41) is 0. The van der Waals surface area contributed by atoms with E-state index in [2.05, 4.69) is 18.1 Å². The summed E-state index contributed by atoms with van der Waals surface area (Å²) in [4.78, 5) is 3.99. The van der Waals surface area contributed by atoms with Crippen molar-refractivity contribution in [2.45, 2.75) is 6.92 Å². The van der Waals surface area contributed by atoms with Crippen molar-refractivity contribution >= 4 is 11.6 Å². The fraction of sp³-hybridized carbons (Fsp3) is 0.100. The van der Waals surface area contributed by atoms with Crippen molar-refractivity contribution in [2.24, 2.45) is 0 Å². The fourth-order valence-corrected chi connectivity index (χ4v) is 0.958. The van der Waals surface area contributed by atoms with E-state index in [0.29, 0.717) is 0 Å². The average Bonchev–Trinajstić information content (AvgIpc) is 2.04. The van der Waals surface area contributed by atoms with Gasteiger partial charge in [0.2, 0.25) is 0 Å². The molecule has 1 rings (SSSR count). The average molecular weight is 196 g/mol. The molecule has 0 amide bonds. The van der Waals surface area contributed by atoms with Crippen LogP contribution in [-0.2, 0) is 18.6 Å². The molecule has 0 aromatic carbocycles. The number of pyridine rings is 1. The van der Waals surface area contributed by atoms with Gasteiger partial charge in [-0.3, -0.25) is 4.98 Å². The third kappa shape index (κ3) is 2.36. The van der Waals surface area contributed by atoms with Crippen LogP contribution in [0, 0.1) is 0 Å². The molecular weight excluding hydrogens is 185 g/mol. The molecule has 0 aliphatic heterocycles.